The lowest BCUT2D eigenvalue weighted by molar-refractivity contribution is 0.563. The van der Waals surface area contributed by atoms with Crippen LogP contribution in [0.4, 0.5) is 11.8 Å². The summed E-state index contributed by atoms with van der Waals surface area (Å²) in [5, 5.41) is 7.59. The number of nitrogens with zero attached hydrogens (tertiary/aromatic N) is 4. The normalized spacial score (nSPS) is 10.9. The van der Waals surface area contributed by atoms with Crippen molar-refractivity contribution in [2.45, 2.75) is 6.54 Å². The SMILES string of the molecule is CN(Cc1ccoc1)c1nc(N)nc2[nH]ncc12. The summed E-state index contributed by atoms with van der Waals surface area (Å²) in [7, 11) is 1.93. The maximum atomic E-state index is 5.68. The predicted octanol–water partition coefficient (Wildman–Crippen LogP) is 1.16. The largest absolute Gasteiger partial charge is 0.472 e. The number of hydrogen-bond donors (Lipinski definition) is 2. The number of nitrogen functional groups attached to an aromatic ring is 1. The van der Waals surface area contributed by atoms with E-state index >= 15 is 0 Å². The monoisotopic (exact) mass is 244 g/mol. The number of fused-ring (bicyclic) bond motifs is 1. The zero-order chi connectivity index (χ0) is 12.5. The summed E-state index contributed by atoms with van der Waals surface area (Å²) in [5.74, 6) is 0.966. The number of furan rings is 1. The molecule has 18 heavy (non-hydrogen) atoms. The Bertz CT molecular complexity index is 659. The predicted molar refractivity (Wildman–Crippen MR) is 66.9 cm³/mol. The van der Waals surface area contributed by atoms with E-state index < -0.39 is 0 Å². The third kappa shape index (κ3) is 1.75. The second kappa shape index (κ2) is 4.02. The summed E-state index contributed by atoms with van der Waals surface area (Å²) in [6, 6.07) is 1.91. The zero-order valence-electron chi connectivity index (χ0n) is 9.79. The first kappa shape index (κ1) is 10.6. The number of nitrogens with one attached hydrogen (secondary N) is 1. The van der Waals surface area contributed by atoms with E-state index in [0.717, 1.165) is 16.8 Å². The minimum Gasteiger partial charge on any atom is -0.472 e. The second-order valence-electron chi connectivity index (χ2n) is 4.03. The van der Waals surface area contributed by atoms with E-state index in [1.165, 1.54) is 0 Å². The molecule has 7 nitrogen and oxygen atoms in total. The van der Waals surface area contributed by atoms with Crippen LogP contribution in [0, 0.1) is 0 Å². The fraction of sp³-hybridized carbons (Fsp3) is 0.182. The first-order valence-corrected chi connectivity index (χ1v) is 5.43. The summed E-state index contributed by atoms with van der Waals surface area (Å²) >= 11 is 0. The second-order valence-corrected chi connectivity index (χ2v) is 4.03. The summed E-state index contributed by atoms with van der Waals surface area (Å²) in [6.07, 6.45) is 5.04. The van der Waals surface area contributed by atoms with Gasteiger partial charge in [-0.25, -0.2) is 0 Å². The lowest BCUT2D eigenvalue weighted by Crippen LogP contribution is -2.18. The van der Waals surface area contributed by atoms with Gasteiger partial charge in [-0.3, -0.25) is 5.10 Å². The molecule has 92 valence electrons. The maximum absolute atomic E-state index is 5.68. The summed E-state index contributed by atoms with van der Waals surface area (Å²) in [5.41, 5.74) is 7.38. The first-order chi connectivity index (χ1) is 8.74. The molecule has 0 amide bonds. The van der Waals surface area contributed by atoms with E-state index in [4.69, 9.17) is 10.2 Å². The average Bonchev–Trinajstić information content (AvgIpc) is 2.97. The van der Waals surface area contributed by atoms with Crippen LogP contribution in [0.3, 0.4) is 0 Å². The molecule has 3 rings (SSSR count). The van der Waals surface area contributed by atoms with Gasteiger partial charge in [0.25, 0.3) is 0 Å². The topological polar surface area (TPSA) is 96.9 Å². The van der Waals surface area contributed by atoms with Gasteiger partial charge in [0.1, 0.15) is 5.82 Å². The molecule has 0 fully saturated rings. The number of nitrogens with two attached hydrogens (primary N) is 1. The lowest BCUT2D eigenvalue weighted by atomic mass is 10.3. The number of anilines is 2. The molecule has 0 unspecified atom stereocenters. The minimum absolute atomic E-state index is 0.223. The van der Waals surface area contributed by atoms with Crippen molar-refractivity contribution >= 4 is 22.8 Å². The van der Waals surface area contributed by atoms with Crippen LogP contribution in [0.15, 0.2) is 29.2 Å². The van der Waals surface area contributed by atoms with E-state index in [0.29, 0.717) is 12.2 Å². The van der Waals surface area contributed by atoms with E-state index in [2.05, 4.69) is 20.2 Å². The smallest absolute Gasteiger partial charge is 0.224 e. The third-order valence-corrected chi connectivity index (χ3v) is 2.67. The van der Waals surface area contributed by atoms with Crippen molar-refractivity contribution in [1.29, 1.82) is 0 Å². The Morgan fingerprint density at radius 3 is 3.11 bits per heavy atom. The van der Waals surface area contributed by atoms with Crippen LogP contribution in [0.5, 0.6) is 0 Å². The van der Waals surface area contributed by atoms with Crippen molar-refractivity contribution in [2.75, 3.05) is 17.7 Å². The van der Waals surface area contributed by atoms with Gasteiger partial charge in [-0.05, 0) is 6.07 Å². The minimum atomic E-state index is 0.223. The molecule has 0 bridgehead atoms. The number of aromatic amines is 1. The molecule has 0 spiro atoms. The number of aromatic nitrogens is 4. The highest BCUT2D eigenvalue weighted by Gasteiger charge is 2.12. The van der Waals surface area contributed by atoms with Gasteiger partial charge in [0.2, 0.25) is 5.95 Å². The Hall–Kier alpha value is -2.57. The van der Waals surface area contributed by atoms with Crippen molar-refractivity contribution in [1.82, 2.24) is 20.2 Å². The van der Waals surface area contributed by atoms with Crippen molar-refractivity contribution in [3.05, 3.63) is 30.4 Å². The van der Waals surface area contributed by atoms with Gasteiger partial charge in [-0.1, -0.05) is 0 Å². The molecule has 0 aromatic carbocycles. The molecule has 3 N–H and O–H groups in total. The number of rotatable bonds is 3. The molecule has 0 saturated carbocycles. The molecule has 0 aliphatic heterocycles. The fourth-order valence-electron chi connectivity index (χ4n) is 1.86. The quantitative estimate of drug-likeness (QED) is 0.717. The molecule has 0 saturated heterocycles. The molecule has 3 aromatic rings. The fourth-order valence-corrected chi connectivity index (χ4v) is 1.86. The van der Waals surface area contributed by atoms with Gasteiger partial charge in [-0.2, -0.15) is 15.1 Å². The van der Waals surface area contributed by atoms with Gasteiger partial charge in [-0.15, -0.1) is 0 Å². The van der Waals surface area contributed by atoms with Crippen molar-refractivity contribution < 1.29 is 4.42 Å². The molecule has 0 atom stereocenters. The molecule has 0 aliphatic carbocycles. The van der Waals surface area contributed by atoms with Crippen LogP contribution >= 0.6 is 0 Å². The Morgan fingerprint density at radius 2 is 2.33 bits per heavy atom. The van der Waals surface area contributed by atoms with Crippen molar-refractivity contribution in [2.24, 2.45) is 0 Å². The van der Waals surface area contributed by atoms with Crippen LogP contribution in [-0.2, 0) is 6.54 Å². The number of hydrogen-bond acceptors (Lipinski definition) is 6. The standard InChI is InChI=1S/C11H12N6O/c1-17(5-7-2-3-18-6-7)10-8-4-13-16-9(8)14-11(12)15-10/h2-4,6H,5H2,1H3,(H3,12,13,14,15,16). The highest BCUT2D eigenvalue weighted by Crippen LogP contribution is 2.23. The number of H-pyrrole nitrogens is 1. The van der Waals surface area contributed by atoms with Crippen LogP contribution in [0.25, 0.3) is 11.0 Å². The van der Waals surface area contributed by atoms with Crippen LogP contribution in [-0.4, -0.2) is 27.2 Å². The van der Waals surface area contributed by atoms with Crippen LogP contribution < -0.4 is 10.6 Å². The lowest BCUT2D eigenvalue weighted by Gasteiger charge is -2.17. The molecule has 7 heteroatoms. The van der Waals surface area contributed by atoms with E-state index in [9.17, 15) is 0 Å². The van der Waals surface area contributed by atoms with Gasteiger partial charge in [0, 0.05) is 19.2 Å². The molecule has 3 aromatic heterocycles. The molecular weight excluding hydrogens is 232 g/mol. The Morgan fingerprint density at radius 1 is 1.44 bits per heavy atom. The van der Waals surface area contributed by atoms with Gasteiger partial charge < -0.3 is 15.1 Å². The van der Waals surface area contributed by atoms with Crippen LogP contribution in [0.1, 0.15) is 5.56 Å². The Labute approximate surface area is 103 Å². The molecule has 0 aliphatic rings. The highest BCUT2D eigenvalue weighted by molar-refractivity contribution is 5.87. The van der Waals surface area contributed by atoms with Crippen molar-refractivity contribution in [3.8, 4) is 0 Å². The van der Waals surface area contributed by atoms with E-state index in [1.54, 1.807) is 18.7 Å². The Balaban J connectivity index is 2.00. The van der Waals surface area contributed by atoms with Gasteiger partial charge >= 0.3 is 0 Å². The molecule has 0 radical (unpaired) electrons. The first-order valence-electron chi connectivity index (χ1n) is 5.43. The molecular formula is C11H12N6O. The summed E-state index contributed by atoms with van der Waals surface area (Å²) in [6.45, 7) is 0.674. The molecule has 3 heterocycles. The van der Waals surface area contributed by atoms with Gasteiger partial charge in [0.05, 0.1) is 24.1 Å². The summed E-state index contributed by atoms with van der Waals surface area (Å²) in [4.78, 5) is 10.3. The zero-order valence-corrected chi connectivity index (χ0v) is 9.79. The van der Waals surface area contributed by atoms with Gasteiger partial charge in [0.15, 0.2) is 5.65 Å². The average molecular weight is 244 g/mol. The van der Waals surface area contributed by atoms with E-state index in [1.807, 2.05) is 18.0 Å². The summed E-state index contributed by atoms with van der Waals surface area (Å²) < 4.78 is 5.04. The third-order valence-electron chi connectivity index (χ3n) is 2.67. The maximum Gasteiger partial charge on any atom is 0.224 e. The highest BCUT2D eigenvalue weighted by atomic mass is 16.3. The van der Waals surface area contributed by atoms with Crippen LogP contribution in [0.2, 0.25) is 0 Å². The van der Waals surface area contributed by atoms with Crippen molar-refractivity contribution in [3.63, 3.8) is 0 Å². The Kier molecular flexibility index (Phi) is 2.36. The van der Waals surface area contributed by atoms with E-state index in [-0.39, 0.29) is 5.95 Å².